The highest BCUT2D eigenvalue weighted by molar-refractivity contribution is 6.02. The molecule has 234 valence electrons. The van der Waals surface area contributed by atoms with Crippen LogP contribution in [0.2, 0.25) is 0 Å². The predicted molar refractivity (Wildman–Crippen MR) is 157 cm³/mol. The molecule has 0 bridgehead atoms. The Morgan fingerprint density at radius 1 is 1.00 bits per heavy atom. The third-order valence-electron chi connectivity index (χ3n) is 7.07. The number of esters is 1. The van der Waals surface area contributed by atoms with Gasteiger partial charge < -0.3 is 39.5 Å². The second-order valence-corrected chi connectivity index (χ2v) is 11.5. The zero-order valence-electron chi connectivity index (χ0n) is 25.0. The molecule has 11 nitrogen and oxygen atoms in total. The molecule has 0 radical (unpaired) electrons. The van der Waals surface area contributed by atoms with E-state index in [1.165, 1.54) is 12.1 Å². The Morgan fingerprint density at radius 3 is 2.23 bits per heavy atom. The van der Waals surface area contributed by atoms with Gasteiger partial charge in [0.15, 0.2) is 6.10 Å². The number of rotatable bonds is 10. The smallest absolute Gasteiger partial charge is 0.335 e. The summed E-state index contributed by atoms with van der Waals surface area (Å²) in [6.45, 7) is 2.18. The third-order valence-corrected chi connectivity index (χ3v) is 7.07. The first kappa shape index (κ1) is 33.8. The van der Waals surface area contributed by atoms with E-state index in [-0.39, 0.29) is 30.8 Å². The molecule has 0 saturated carbocycles. The summed E-state index contributed by atoms with van der Waals surface area (Å²) in [6.07, 6.45) is -0.401. The monoisotopic (exact) mass is 606 g/mol. The van der Waals surface area contributed by atoms with Crippen LogP contribution < -0.4 is 20.7 Å². The molecule has 0 saturated heterocycles. The van der Waals surface area contributed by atoms with E-state index in [0.29, 0.717) is 37.8 Å². The molecule has 1 aliphatic carbocycles. The summed E-state index contributed by atoms with van der Waals surface area (Å²) in [6, 6.07) is 15.1. The van der Waals surface area contributed by atoms with Gasteiger partial charge in [0, 0.05) is 6.42 Å². The Bertz CT molecular complexity index is 1690. The fourth-order valence-electron chi connectivity index (χ4n) is 5.30. The number of hydrogen-bond acceptors (Lipinski definition) is 8. The van der Waals surface area contributed by atoms with Crippen LogP contribution in [0.5, 0.6) is 5.75 Å². The lowest BCUT2D eigenvalue weighted by Gasteiger charge is -2.29. The molecule has 3 atom stereocenters. The van der Waals surface area contributed by atoms with Gasteiger partial charge in [-0.15, -0.1) is 0 Å². The van der Waals surface area contributed by atoms with Crippen molar-refractivity contribution in [2.24, 2.45) is 5.92 Å². The van der Waals surface area contributed by atoms with Crippen molar-refractivity contribution in [3.05, 3.63) is 76.2 Å². The molecule has 3 aromatic rings. The molecule has 3 aromatic carbocycles. The van der Waals surface area contributed by atoms with Crippen molar-refractivity contribution < 1.29 is 53.9 Å². The first-order valence-corrected chi connectivity index (χ1v) is 14.0. The summed E-state index contributed by atoms with van der Waals surface area (Å²) >= 11 is 0. The summed E-state index contributed by atoms with van der Waals surface area (Å²) in [5, 5.41) is 55.4. The maximum Gasteiger partial charge on any atom is 0.335 e. The highest BCUT2D eigenvalue weighted by Gasteiger charge is 2.29. The zero-order chi connectivity index (χ0) is 32.8. The summed E-state index contributed by atoms with van der Waals surface area (Å²) in [4.78, 5) is 45.3. The number of ether oxygens (including phenoxy) is 1. The fourth-order valence-corrected chi connectivity index (χ4v) is 5.30. The first-order valence-electron chi connectivity index (χ1n) is 14.0. The van der Waals surface area contributed by atoms with Crippen LogP contribution in [0.1, 0.15) is 35.7 Å². The number of nitrogens with zero attached hydrogens (tertiary/aromatic N) is 1. The molecule has 0 aliphatic heterocycles. The molecular formula is C33H36NO10-. The van der Waals surface area contributed by atoms with E-state index >= 15 is 0 Å². The molecule has 44 heavy (non-hydrogen) atoms. The number of benzene rings is 3. The van der Waals surface area contributed by atoms with Gasteiger partial charge in [-0.2, -0.15) is 0 Å². The van der Waals surface area contributed by atoms with Gasteiger partial charge in [0.2, 0.25) is 0 Å². The molecule has 0 aromatic heterocycles. The SMILES string of the molecule is CCC(=O)O[C@H](CC(=O)O)C[N+](C)(C)C.O=C(O)c1c([O-])cc2ccccc2c1CC1=c2ccccc2=CC(O)C1C(=O)[O-]. The van der Waals surface area contributed by atoms with Gasteiger partial charge in [-0.05, 0) is 44.8 Å². The Labute approximate surface area is 254 Å². The number of fused-ring (bicyclic) bond motifs is 2. The number of carbonyl (C=O) groups excluding carboxylic acids is 2. The van der Waals surface area contributed by atoms with Gasteiger partial charge in [0.1, 0.15) is 6.54 Å². The maximum atomic E-state index is 12.5. The van der Waals surface area contributed by atoms with Crippen molar-refractivity contribution >= 4 is 46.3 Å². The van der Waals surface area contributed by atoms with Crippen LogP contribution in [-0.2, 0) is 25.5 Å². The molecule has 4 rings (SSSR count). The van der Waals surface area contributed by atoms with Gasteiger partial charge in [-0.1, -0.05) is 67.3 Å². The van der Waals surface area contributed by atoms with Crippen LogP contribution in [0.4, 0.5) is 0 Å². The lowest BCUT2D eigenvalue weighted by Crippen LogP contribution is -2.47. The number of carboxylic acid groups (broad SMARTS) is 3. The van der Waals surface area contributed by atoms with Gasteiger partial charge in [0.25, 0.3) is 0 Å². The number of carbonyl (C=O) groups is 4. The van der Waals surface area contributed by atoms with Crippen LogP contribution in [0.3, 0.4) is 0 Å². The highest BCUT2D eigenvalue weighted by atomic mass is 16.5. The van der Waals surface area contributed by atoms with E-state index in [1.54, 1.807) is 55.5 Å². The average Bonchev–Trinajstić information content (AvgIpc) is 2.91. The summed E-state index contributed by atoms with van der Waals surface area (Å²) in [5.41, 5.74) is 0.148. The molecule has 0 amide bonds. The number of likely N-dealkylation sites (N-methyl/N-ethyl adjacent to an activating group) is 1. The number of aliphatic carboxylic acids is 2. The number of hydrogen-bond donors (Lipinski definition) is 3. The fraction of sp³-hybridized carbons (Fsp3) is 0.333. The summed E-state index contributed by atoms with van der Waals surface area (Å²) in [5.74, 6) is -6.13. The van der Waals surface area contributed by atoms with E-state index in [0.717, 1.165) is 0 Å². The average molecular weight is 607 g/mol. The summed E-state index contributed by atoms with van der Waals surface area (Å²) in [7, 11) is 5.78. The van der Waals surface area contributed by atoms with Crippen LogP contribution in [0, 0.1) is 5.92 Å². The number of quaternary nitrogens is 1. The normalized spacial score (nSPS) is 16.5. The zero-order valence-corrected chi connectivity index (χ0v) is 25.0. The molecule has 0 heterocycles. The molecule has 2 unspecified atom stereocenters. The Morgan fingerprint density at radius 2 is 1.64 bits per heavy atom. The van der Waals surface area contributed by atoms with Crippen LogP contribution in [0.15, 0.2) is 54.6 Å². The van der Waals surface area contributed by atoms with Gasteiger partial charge in [0.05, 0.1) is 51.1 Å². The minimum atomic E-state index is -1.46. The van der Waals surface area contributed by atoms with Gasteiger partial charge in [-0.3, -0.25) is 9.59 Å². The maximum absolute atomic E-state index is 12.5. The lowest BCUT2D eigenvalue weighted by atomic mass is 9.81. The number of carboxylic acids is 3. The first-order chi connectivity index (χ1) is 20.6. The van der Waals surface area contributed by atoms with Crippen LogP contribution in [0.25, 0.3) is 22.4 Å². The molecular weight excluding hydrogens is 570 g/mol. The van der Waals surface area contributed by atoms with Gasteiger partial charge in [-0.25, -0.2) is 4.79 Å². The van der Waals surface area contributed by atoms with Crippen molar-refractivity contribution in [3.63, 3.8) is 0 Å². The van der Waals surface area contributed by atoms with Gasteiger partial charge >= 0.3 is 17.9 Å². The molecule has 0 spiro atoms. The number of aliphatic hydroxyl groups is 1. The summed E-state index contributed by atoms with van der Waals surface area (Å²) < 4.78 is 5.62. The minimum absolute atomic E-state index is 0.112. The van der Waals surface area contributed by atoms with Crippen molar-refractivity contribution in [2.75, 3.05) is 27.7 Å². The largest absolute Gasteiger partial charge is 0.872 e. The Balaban J connectivity index is 0.000000301. The predicted octanol–water partition coefficient (Wildman–Crippen LogP) is 0.0152. The Kier molecular flexibility index (Phi) is 10.9. The van der Waals surface area contributed by atoms with E-state index < -0.39 is 47.3 Å². The lowest BCUT2D eigenvalue weighted by molar-refractivity contribution is -0.873. The molecule has 0 fully saturated rings. The van der Waals surface area contributed by atoms with Crippen LogP contribution in [-0.4, -0.2) is 83.6 Å². The van der Waals surface area contributed by atoms with Crippen molar-refractivity contribution in [1.29, 1.82) is 0 Å². The topological polar surface area (TPSA) is 184 Å². The number of aliphatic hydroxyl groups excluding tert-OH is 1. The van der Waals surface area contributed by atoms with Crippen LogP contribution >= 0.6 is 0 Å². The highest BCUT2D eigenvalue weighted by Crippen LogP contribution is 2.33. The quantitative estimate of drug-likeness (QED) is 0.210. The van der Waals surface area contributed by atoms with Crippen molar-refractivity contribution in [2.45, 2.75) is 38.4 Å². The van der Waals surface area contributed by atoms with E-state index in [4.69, 9.17) is 9.84 Å². The van der Waals surface area contributed by atoms with E-state index in [2.05, 4.69) is 0 Å². The van der Waals surface area contributed by atoms with E-state index in [9.17, 15) is 39.6 Å². The number of aromatic carboxylic acids is 1. The van der Waals surface area contributed by atoms with Crippen molar-refractivity contribution in [1.82, 2.24) is 0 Å². The van der Waals surface area contributed by atoms with E-state index in [1.807, 2.05) is 21.1 Å². The molecule has 11 heteroatoms. The van der Waals surface area contributed by atoms with Crippen molar-refractivity contribution in [3.8, 4) is 5.75 Å². The second kappa shape index (κ2) is 14.2. The minimum Gasteiger partial charge on any atom is -0.872 e. The third kappa shape index (κ3) is 8.42. The second-order valence-electron chi connectivity index (χ2n) is 11.5. The Hall–Kier alpha value is -4.74. The standard InChI is InChI=1S/C23H18O6.C10H19NO4/c24-18-9-12-5-1-3-7-14(12)16(20(18)22(26)27)11-17-15-8-4-2-6-13(15)10-19(25)21(17)23(28)29;1-5-10(14)15-8(6-9(12)13)7-11(2,3)4/h1-10,18,20,24-25H,11H2,(H,26,27)(H,28,29);8H,5-7H2,1-4H3/p-1/t;8-/m.1/s1. The molecule has 1 aliphatic rings. The molecule has 3 N–H and O–H groups in total.